The zero-order valence-corrected chi connectivity index (χ0v) is 11.3. The van der Waals surface area contributed by atoms with Crippen molar-refractivity contribution in [2.75, 3.05) is 12.4 Å². The molecule has 0 aliphatic heterocycles. The molecule has 0 saturated carbocycles. The molecule has 106 valence electrons. The van der Waals surface area contributed by atoms with Gasteiger partial charge in [-0.3, -0.25) is 15.1 Å². The Morgan fingerprint density at radius 2 is 2.05 bits per heavy atom. The lowest BCUT2D eigenvalue weighted by molar-refractivity contribution is 0.0598. The van der Waals surface area contributed by atoms with Gasteiger partial charge in [-0.2, -0.15) is 5.26 Å². The molecule has 0 aliphatic rings. The number of pyridine rings is 1. The van der Waals surface area contributed by atoms with Gasteiger partial charge in [0, 0.05) is 18.0 Å². The van der Waals surface area contributed by atoms with Crippen molar-refractivity contribution >= 4 is 17.8 Å². The van der Waals surface area contributed by atoms with Gasteiger partial charge < -0.3 is 9.15 Å². The molecule has 2 aromatic heterocycles. The standard InChI is InChI=1S/C14H11N3O4/c1-8-11(14(19)20-2)10(7-15)13(21-8)17-12(18)9-3-5-16-6-4-9/h3-6H,1-2H3,(H,17,18). The molecular weight excluding hydrogens is 274 g/mol. The van der Waals surface area contributed by atoms with Crippen molar-refractivity contribution in [1.82, 2.24) is 4.98 Å². The number of esters is 1. The zero-order chi connectivity index (χ0) is 15.4. The lowest BCUT2D eigenvalue weighted by Gasteiger charge is -2.02. The summed E-state index contributed by atoms with van der Waals surface area (Å²) in [6.45, 7) is 1.51. The number of nitrogens with one attached hydrogen (secondary N) is 1. The van der Waals surface area contributed by atoms with Crippen LogP contribution in [0.1, 0.15) is 32.0 Å². The van der Waals surface area contributed by atoms with Gasteiger partial charge in [0.25, 0.3) is 5.91 Å². The summed E-state index contributed by atoms with van der Waals surface area (Å²) in [7, 11) is 1.20. The number of amides is 1. The molecule has 1 N–H and O–H groups in total. The van der Waals surface area contributed by atoms with E-state index in [1.54, 1.807) is 0 Å². The summed E-state index contributed by atoms with van der Waals surface area (Å²) < 4.78 is 9.87. The molecule has 2 aromatic rings. The molecule has 0 atom stereocenters. The topological polar surface area (TPSA) is 105 Å². The van der Waals surface area contributed by atoms with Crippen molar-refractivity contribution in [3.63, 3.8) is 0 Å². The predicted molar refractivity (Wildman–Crippen MR) is 71.7 cm³/mol. The van der Waals surface area contributed by atoms with Crippen molar-refractivity contribution in [2.45, 2.75) is 6.92 Å². The molecule has 0 bridgehead atoms. The van der Waals surface area contributed by atoms with E-state index in [1.807, 2.05) is 6.07 Å². The third-order valence-electron chi connectivity index (χ3n) is 2.76. The largest absolute Gasteiger partial charge is 0.465 e. The second-order valence-corrected chi connectivity index (χ2v) is 4.03. The second-order valence-electron chi connectivity index (χ2n) is 4.03. The highest BCUT2D eigenvalue weighted by molar-refractivity contribution is 6.05. The summed E-state index contributed by atoms with van der Waals surface area (Å²) >= 11 is 0. The molecule has 2 rings (SSSR count). The van der Waals surface area contributed by atoms with Crippen molar-refractivity contribution < 1.29 is 18.7 Å². The summed E-state index contributed by atoms with van der Waals surface area (Å²) in [6, 6.07) is 4.86. The average molecular weight is 285 g/mol. The minimum absolute atomic E-state index is 0.00466. The smallest absolute Gasteiger partial charge is 0.342 e. The van der Waals surface area contributed by atoms with E-state index < -0.39 is 11.9 Å². The number of ether oxygens (including phenoxy) is 1. The van der Waals surface area contributed by atoms with Crippen LogP contribution in [0.2, 0.25) is 0 Å². The third-order valence-corrected chi connectivity index (χ3v) is 2.76. The van der Waals surface area contributed by atoms with Crippen molar-refractivity contribution in [2.24, 2.45) is 0 Å². The summed E-state index contributed by atoms with van der Waals surface area (Å²) in [6.07, 6.45) is 2.93. The van der Waals surface area contributed by atoms with E-state index in [2.05, 4.69) is 15.0 Å². The first-order valence-corrected chi connectivity index (χ1v) is 5.91. The first-order chi connectivity index (χ1) is 10.1. The molecule has 0 spiro atoms. The van der Waals surface area contributed by atoms with E-state index >= 15 is 0 Å². The molecule has 0 aromatic carbocycles. The minimum Gasteiger partial charge on any atom is -0.465 e. The van der Waals surface area contributed by atoms with Crippen LogP contribution in [0.4, 0.5) is 5.88 Å². The number of nitrogens with zero attached hydrogens (tertiary/aromatic N) is 2. The van der Waals surface area contributed by atoms with Crippen LogP contribution in [0, 0.1) is 18.3 Å². The number of carbonyl (C=O) groups is 2. The first-order valence-electron chi connectivity index (χ1n) is 5.91. The number of rotatable bonds is 3. The van der Waals surface area contributed by atoms with Gasteiger partial charge in [-0.25, -0.2) is 4.79 Å². The van der Waals surface area contributed by atoms with Crippen LogP contribution < -0.4 is 5.32 Å². The highest BCUT2D eigenvalue weighted by atomic mass is 16.5. The monoisotopic (exact) mass is 285 g/mol. The highest BCUT2D eigenvalue weighted by Crippen LogP contribution is 2.27. The molecule has 0 radical (unpaired) electrons. The molecule has 2 heterocycles. The summed E-state index contributed by atoms with van der Waals surface area (Å²) in [5, 5.41) is 11.6. The Labute approximate surface area is 120 Å². The van der Waals surface area contributed by atoms with Crippen LogP contribution in [-0.4, -0.2) is 24.0 Å². The van der Waals surface area contributed by atoms with Gasteiger partial charge in [-0.15, -0.1) is 0 Å². The maximum Gasteiger partial charge on any atom is 0.342 e. The number of anilines is 1. The average Bonchev–Trinajstić information content (AvgIpc) is 2.82. The molecule has 1 amide bonds. The zero-order valence-electron chi connectivity index (χ0n) is 11.3. The summed E-state index contributed by atoms with van der Waals surface area (Å²) in [5.74, 6) is -1.06. The lowest BCUT2D eigenvalue weighted by Crippen LogP contribution is -2.12. The fourth-order valence-electron chi connectivity index (χ4n) is 1.77. The van der Waals surface area contributed by atoms with E-state index in [-0.39, 0.29) is 22.8 Å². The molecule has 0 aliphatic carbocycles. The number of aryl methyl sites for hydroxylation is 1. The second kappa shape index (κ2) is 5.88. The number of hydrogen-bond donors (Lipinski definition) is 1. The number of aromatic nitrogens is 1. The number of carbonyl (C=O) groups excluding carboxylic acids is 2. The van der Waals surface area contributed by atoms with Gasteiger partial charge in [0.05, 0.1) is 7.11 Å². The Bertz CT molecular complexity index is 729. The van der Waals surface area contributed by atoms with Crippen LogP contribution >= 0.6 is 0 Å². The maximum atomic E-state index is 12.0. The Hall–Kier alpha value is -3.14. The predicted octanol–water partition coefficient (Wildman–Crippen LogP) is 1.89. The molecule has 7 heteroatoms. The Kier molecular flexibility index (Phi) is 4.00. The summed E-state index contributed by atoms with van der Waals surface area (Å²) in [4.78, 5) is 27.5. The van der Waals surface area contributed by atoms with Crippen LogP contribution in [0.15, 0.2) is 28.9 Å². The summed E-state index contributed by atoms with van der Waals surface area (Å²) in [5.41, 5.74) is 0.286. The number of hydrogen-bond acceptors (Lipinski definition) is 6. The Morgan fingerprint density at radius 1 is 1.38 bits per heavy atom. The van der Waals surface area contributed by atoms with Crippen molar-refractivity contribution in [3.05, 3.63) is 47.0 Å². The highest BCUT2D eigenvalue weighted by Gasteiger charge is 2.25. The van der Waals surface area contributed by atoms with E-state index in [4.69, 9.17) is 9.68 Å². The van der Waals surface area contributed by atoms with Gasteiger partial charge in [-0.05, 0) is 19.1 Å². The lowest BCUT2D eigenvalue weighted by atomic mass is 10.1. The van der Waals surface area contributed by atoms with Gasteiger partial charge in [0.2, 0.25) is 5.88 Å². The van der Waals surface area contributed by atoms with Gasteiger partial charge in [-0.1, -0.05) is 0 Å². The fraction of sp³-hybridized carbons (Fsp3) is 0.143. The Morgan fingerprint density at radius 3 is 2.62 bits per heavy atom. The van der Waals surface area contributed by atoms with Crippen LogP contribution in [-0.2, 0) is 4.74 Å². The van der Waals surface area contributed by atoms with Crippen molar-refractivity contribution in [1.29, 1.82) is 5.26 Å². The third kappa shape index (κ3) is 2.74. The number of methoxy groups -OCH3 is 1. The van der Waals surface area contributed by atoms with Crippen LogP contribution in [0.5, 0.6) is 0 Å². The molecule has 0 unspecified atom stereocenters. The van der Waals surface area contributed by atoms with E-state index in [0.717, 1.165) is 0 Å². The molecule has 0 fully saturated rings. The van der Waals surface area contributed by atoms with Crippen molar-refractivity contribution in [3.8, 4) is 6.07 Å². The molecule has 21 heavy (non-hydrogen) atoms. The fourth-order valence-corrected chi connectivity index (χ4v) is 1.77. The normalized spacial score (nSPS) is 9.76. The van der Waals surface area contributed by atoms with Crippen LogP contribution in [0.25, 0.3) is 0 Å². The van der Waals surface area contributed by atoms with Gasteiger partial charge in [0.15, 0.2) is 0 Å². The Balaban J connectivity index is 2.36. The molecule has 7 nitrogen and oxygen atoms in total. The first kappa shape index (κ1) is 14.3. The quantitative estimate of drug-likeness (QED) is 0.863. The van der Waals surface area contributed by atoms with Gasteiger partial charge >= 0.3 is 5.97 Å². The SMILES string of the molecule is COC(=O)c1c(C)oc(NC(=O)c2ccncc2)c1C#N. The van der Waals surface area contributed by atoms with E-state index in [9.17, 15) is 9.59 Å². The maximum absolute atomic E-state index is 12.0. The number of nitriles is 1. The molecule has 0 saturated heterocycles. The number of furan rings is 1. The van der Waals surface area contributed by atoms with E-state index in [1.165, 1.54) is 38.6 Å². The van der Waals surface area contributed by atoms with Gasteiger partial charge in [0.1, 0.15) is 23.0 Å². The molecular formula is C14H11N3O4. The minimum atomic E-state index is -0.697. The van der Waals surface area contributed by atoms with E-state index in [0.29, 0.717) is 5.56 Å². The van der Waals surface area contributed by atoms with Crippen LogP contribution in [0.3, 0.4) is 0 Å².